The average molecular weight is 357 g/mol. The SMILES string of the molecule is Cc1ccc2c(c1C)CCN(CCC(C)(N)CCc1cccs1)C2=O. The quantitative estimate of drug-likeness (QED) is 0.847. The van der Waals surface area contributed by atoms with Gasteiger partial charge in [0.1, 0.15) is 0 Å². The van der Waals surface area contributed by atoms with E-state index < -0.39 is 0 Å². The summed E-state index contributed by atoms with van der Waals surface area (Å²) in [7, 11) is 0. The Morgan fingerprint density at radius 1 is 1.24 bits per heavy atom. The van der Waals surface area contributed by atoms with E-state index in [1.165, 1.54) is 21.6 Å². The van der Waals surface area contributed by atoms with Crippen LogP contribution in [0.3, 0.4) is 0 Å². The lowest BCUT2D eigenvalue weighted by Gasteiger charge is -2.33. The molecule has 3 nitrogen and oxygen atoms in total. The lowest BCUT2D eigenvalue weighted by atomic mass is 9.90. The maximum atomic E-state index is 12.8. The molecule has 0 radical (unpaired) electrons. The molecule has 0 bridgehead atoms. The van der Waals surface area contributed by atoms with Crippen LogP contribution in [-0.2, 0) is 12.8 Å². The van der Waals surface area contributed by atoms with Gasteiger partial charge in [-0.2, -0.15) is 0 Å². The molecule has 1 atom stereocenters. The molecule has 0 spiro atoms. The molecule has 2 heterocycles. The number of aryl methyl sites for hydroxylation is 2. The molecular weight excluding hydrogens is 328 g/mol. The van der Waals surface area contributed by atoms with E-state index in [1.54, 1.807) is 11.3 Å². The summed E-state index contributed by atoms with van der Waals surface area (Å²) in [5.74, 6) is 0.165. The Balaban J connectivity index is 1.60. The van der Waals surface area contributed by atoms with Crippen molar-refractivity contribution in [2.75, 3.05) is 13.1 Å². The normalized spacial score (nSPS) is 16.6. The van der Waals surface area contributed by atoms with Crippen LogP contribution in [0, 0.1) is 13.8 Å². The Bertz CT molecular complexity index is 750. The molecule has 2 aromatic rings. The Morgan fingerprint density at radius 3 is 2.76 bits per heavy atom. The molecule has 0 saturated heterocycles. The van der Waals surface area contributed by atoms with Gasteiger partial charge in [0.2, 0.25) is 0 Å². The minimum Gasteiger partial charge on any atom is -0.338 e. The monoisotopic (exact) mass is 356 g/mol. The van der Waals surface area contributed by atoms with Gasteiger partial charge < -0.3 is 10.6 Å². The van der Waals surface area contributed by atoms with Crippen molar-refractivity contribution in [2.45, 2.75) is 52.0 Å². The van der Waals surface area contributed by atoms with E-state index in [2.05, 4.69) is 44.4 Å². The average Bonchev–Trinajstić information content (AvgIpc) is 3.10. The molecule has 1 aliphatic heterocycles. The lowest BCUT2D eigenvalue weighted by molar-refractivity contribution is 0.0726. The second-order valence-electron chi connectivity index (χ2n) is 7.56. The van der Waals surface area contributed by atoms with Crippen LogP contribution in [0.4, 0.5) is 0 Å². The molecule has 0 saturated carbocycles. The molecule has 25 heavy (non-hydrogen) atoms. The highest BCUT2D eigenvalue weighted by Gasteiger charge is 2.27. The van der Waals surface area contributed by atoms with Crippen LogP contribution in [0.5, 0.6) is 0 Å². The molecule has 3 rings (SSSR count). The summed E-state index contributed by atoms with van der Waals surface area (Å²) in [6, 6.07) is 8.30. The van der Waals surface area contributed by atoms with Gasteiger partial charge in [-0.15, -0.1) is 11.3 Å². The first-order chi connectivity index (χ1) is 11.9. The largest absolute Gasteiger partial charge is 0.338 e. The minimum atomic E-state index is -0.242. The Morgan fingerprint density at radius 2 is 2.04 bits per heavy atom. The zero-order valence-electron chi connectivity index (χ0n) is 15.5. The van der Waals surface area contributed by atoms with E-state index in [9.17, 15) is 4.79 Å². The number of benzene rings is 1. The summed E-state index contributed by atoms with van der Waals surface area (Å²) in [6.45, 7) is 7.88. The van der Waals surface area contributed by atoms with Crippen LogP contribution in [-0.4, -0.2) is 29.4 Å². The highest BCUT2D eigenvalue weighted by molar-refractivity contribution is 7.09. The van der Waals surface area contributed by atoms with Crippen molar-refractivity contribution in [1.82, 2.24) is 4.90 Å². The third kappa shape index (κ3) is 4.13. The molecule has 0 aliphatic carbocycles. The van der Waals surface area contributed by atoms with Crippen LogP contribution in [0.2, 0.25) is 0 Å². The van der Waals surface area contributed by atoms with E-state index in [0.717, 1.165) is 44.3 Å². The molecule has 1 aliphatic rings. The molecule has 134 valence electrons. The summed E-state index contributed by atoms with van der Waals surface area (Å²) < 4.78 is 0. The van der Waals surface area contributed by atoms with Crippen molar-refractivity contribution in [3.8, 4) is 0 Å². The fourth-order valence-corrected chi connectivity index (χ4v) is 4.22. The van der Waals surface area contributed by atoms with Crippen molar-refractivity contribution >= 4 is 17.2 Å². The second-order valence-corrected chi connectivity index (χ2v) is 8.59. The van der Waals surface area contributed by atoms with Crippen LogP contribution in [0.15, 0.2) is 29.6 Å². The predicted molar refractivity (Wildman–Crippen MR) is 105 cm³/mol. The Labute approximate surface area is 154 Å². The van der Waals surface area contributed by atoms with E-state index in [-0.39, 0.29) is 11.4 Å². The van der Waals surface area contributed by atoms with Gasteiger partial charge in [-0.05, 0) is 80.7 Å². The van der Waals surface area contributed by atoms with E-state index in [4.69, 9.17) is 5.73 Å². The van der Waals surface area contributed by atoms with Crippen LogP contribution < -0.4 is 5.73 Å². The number of rotatable bonds is 6. The number of hydrogen-bond donors (Lipinski definition) is 1. The highest BCUT2D eigenvalue weighted by atomic mass is 32.1. The minimum absolute atomic E-state index is 0.165. The molecule has 1 aromatic heterocycles. The number of carbonyl (C=O) groups excluding carboxylic acids is 1. The fourth-order valence-electron chi connectivity index (χ4n) is 3.51. The van der Waals surface area contributed by atoms with Gasteiger partial charge >= 0.3 is 0 Å². The van der Waals surface area contributed by atoms with Gasteiger partial charge in [-0.1, -0.05) is 12.1 Å². The van der Waals surface area contributed by atoms with Crippen molar-refractivity contribution in [3.63, 3.8) is 0 Å². The van der Waals surface area contributed by atoms with Crippen molar-refractivity contribution in [2.24, 2.45) is 5.73 Å². The molecule has 1 unspecified atom stereocenters. The summed E-state index contributed by atoms with van der Waals surface area (Å²) in [5, 5.41) is 2.11. The lowest BCUT2D eigenvalue weighted by Crippen LogP contribution is -2.44. The third-order valence-electron chi connectivity index (χ3n) is 5.49. The smallest absolute Gasteiger partial charge is 0.254 e. The summed E-state index contributed by atoms with van der Waals surface area (Å²) >= 11 is 1.78. The number of carbonyl (C=O) groups is 1. The van der Waals surface area contributed by atoms with E-state index in [1.807, 2.05) is 11.0 Å². The third-order valence-corrected chi connectivity index (χ3v) is 6.43. The number of nitrogens with zero attached hydrogens (tertiary/aromatic N) is 1. The first-order valence-corrected chi connectivity index (χ1v) is 9.95. The van der Waals surface area contributed by atoms with Gasteiger partial charge in [-0.25, -0.2) is 0 Å². The Hall–Kier alpha value is -1.65. The van der Waals surface area contributed by atoms with Crippen LogP contribution in [0.1, 0.15) is 51.7 Å². The molecule has 0 fully saturated rings. The molecule has 2 N–H and O–H groups in total. The first-order valence-electron chi connectivity index (χ1n) is 9.07. The predicted octanol–water partition coefficient (Wildman–Crippen LogP) is 4.10. The number of fused-ring (bicyclic) bond motifs is 1. The van der Waals surface area contributed by atoms with E-state index in [0.29, 0.717) is 0 Å². The summed E-state index contributed by atoms with van der Waals surface area (Å²) in [6.07, 6.45) is 3.75. The van der Waals surface area contributed by atoms with Crippen molar-refractivity contribution in [3.05, 3.63) is 56.8 Å². The summed E-state index contributed by atoms with van der Waals surface area (Å²) in [4.78, 5) is 16.2. The van der Waals surface area contributed by atoms with Gasteiger partial charge in [0, 0.05) is 29.1 Å². The number of nitrogens with two attached hydrogens (primary N) is 1. The van der Waals surface area contributed by atoms with Gasteiger partial charge in [0.15, 0.2) is 0 Å². The van der Waals surface area contributed by atoms with Crippen molar-refractivity contribution < 1.29 is 4.79 Å². The molecule has 1 amide bonds. The topological polar surface area (TPSA) is 46.3 Å². The molecule has 1 aromatic carbocycles. The zero-order chi connectivity index (χ0) is 18.0. The van der Waals surface area contributed by atoms with Crippen LogP contribution >= 0.6 is 11.3 Å². The van der Waals surface area contributed by atoms with Gasteiger partial charge in [0.25, 0.3) is 5.91 Å². The molecule has 4 heteroatoms. The maximum Gasteiger partial charge on any atom is 0.254 e. The maximum absolute atomic E-state index is 12.8. The fraction of sp³-hybridized carbons (Fsp3) is 0.476. The standard InChI is InChI=1S/C21H28N2OS/c1-15-6-7-19-18(16(15)2)9-12-23(20(19)24)13-11-21(3,22)10-8-17-5-4-14-25-17/h4-7,14H,8-13,22H2,1-3H3. The highest BCUT2D eigenvalue weighted by Crippen LogP contribution is 2.26. The second kappa shape index (κ2) is 7.30. The summed E-state index contributed by atoms with van der Waals surface area (Å²) in [5.41, 5.74) is 10.9. The first kappa shape index (κ1) is 18.2. The molecular formula is C21H28N2OS. The number of amides is 1. The number of thiophene rings is 1. The van der Waals surface area contributed by atoms with Crippen LogP contribution in [0.25, 0.3) is 0 Å². The Kier molecular flexibility index (Phi) is 5.30. The van der Waals surface area contributed by atoms with Gasteiger partial charge in [0.05, 0.1) is 0 Å². The number of hydrogen-bond acceptors (Lipinski definition) is 3. The van der Waals surface area contributed by atoms with Gasteiger partial charge in [-0.3, -0.25) is 4.79 Å². The van der Waals surface area contributed by atoms with Crippen molar-refractivity contribution in [1.29, 1.82) is 0 Å². The zero-order valence-corrected chi connectivity index (χ0v) is 16.3. The van der Waals surface area contributed by atoms with E-state index >= 15 is 0 Å².